The molecule has 2 nitrogen and oxygen atoms in total. The molecule has 1 atom stereocenters. The van der Waals surface area contributed by atoms with Crippen molar-refractivity contribution in [2.45, 2.75) is 5.56 Å². The van der Waals surface area contributed by atoms with Gasteiger partial charge in [-0.25, -0.2) is 5.32 Å². The Balaban J connectivity index is 2.18. The lowest BCUT2D eigenvalue weighted by Gasteiger charge is -1.86. The van der Waals surface area contributed by atoms with Gasteiger partial charge in [-0.05, 0) is 0 Å². The predicted molar refractivity (Wildman–Crippen MR) is 25.9 cm³/mol. The number of aliphatic hydroxyl groups excluding tert-OH is 1. The number of thioether (sulfide) groups is 1. The van der Waals surface area contributed by atoms with Gasteiger partial charge in [0.1, 0.15) is 11.8 Å². The molecule has 0 saturated carbocycles. The first kappa shape index (κ1) is 4.30. The van der Waals surface area contributed by atoms with E-state index >= 15 is 0 Å². The first-order valence-corrected chi connectivity index (χ1v) is 2.72. The van der Waals surface area contributed by atoms with E-state index in [0.29, 0.717) is 0 Å². The number of hydrogen-bond donors (Lipinski definition) is 2. The standard InChI is InChI=1S/C3H6NOS/c5-3-4-1-2-6-3/h2-5H,1H2/q+1. The van der Waals surface area contributed by atoms with Crippen LogP contribution in [0.25, 0.3) is 0 Å². The molecule has 3 heteroatoms. The lowest BCUT2D eigenvalue weighted by Crippen LogP contribution is -2.17. The van der Waals surface area contributed by atoms with Crippen molar-refractivity contribution in [2.75, 3.05) is 6.54 Å². The maximum Gasteiger partial charge on any atom is 0.201 e. The van der Waals surface area contributed by atoms with Crippen LogP contribution in [-0.4, -0.2) is 17.2 Å². The first-order chi connectivity index (χ1) is 2.89. The van der Waals surface area contributed by atoms with Crippen LogP contribution >= 0.6 is 11.8 Å². The van der Waals surface area contributed by atoms with Gasteiger partial charge in [0.05, 0.1) is 0 Å². The minimum Gasteiger partial charge on any atom is -0.366 e. The Morgan fingerprint density at radius 2 is 2.83 bits per heavy atom. The molecule has 0 aromatic heterocycles. The van der Waals surface area contributed by atoms with Crippen molar-refractivity contribution >= 4 is 11.8 Å². The van der Waals surface area contributed by atoms with Crippen molar-refractivity contribution in [3.8, 4) is 0 Å². The van der Waals surface area contributed by atoms with E-state index in [2.05, 4.69) is 5.32 Å². The maximum absolute atomic E-state index is 8.55. The van der Waals surface area contributed by atoms with Crippen LogP contribution < -0.4 is 5.32 Å². The predicted octanol–water partition coefficient (Wildman–Crippen LogP) is -0.240. The van der Waals surface area contributed by atoms with E-state index in [9.17, 15) is 0 Å². The van der Waals surface area contributed by atoms with Crippen molar-refractivity contribution < 1.29 is 5.11 Å². The molecule has 0 spiro atoms. The van der Waals surface area contributed by atoms with Gasteiger partial charge >= 0.3 is 0 Å². The Kier molecular flexibility index (Phi) is 1.24. The summed E-state index contributed by atoms with van der Waals surface area (Å²) in [7, 11) is 0. The van der Waals surface area contributed by atoms with Crippen LogP contribution in [0.15, 0.2) is 0 Å². The second-order valence-electron chi connectivity index (χ2n) is 1.06. The molecule has 1 fully saturated rings. The Bertz CT molecular complexity index is 44.1. The quantitative estimate of drug-likeness (QED) is 0.416. The fraction of sp³-hybridized carbons (Fsp3) is 0.667. The number of nitrogens with one attached hydrogen (secondary N) is 1. The third-order valence-electron chi connectivity index (χ3n) is 0.601. The zero-order chi connectivity index (χ0) is 4.41. The van der Waals surface area contributed by atoms with Crippen molar-refractivity contribution in [2.24, 2.45) is 0 Å². The van der Waals surface area contributed by atoms with E-state index in [1.807, 2.05) is 5.75 Å². The Labute approximate surface area is 40.9 Å². The van der Waals surface area contributed by atoms with Crippen LogP contribution in [0, 0.1) is 5.75 Å². The third-order valence-corrected chi connectivity index (χ3v) is 1.38. The van der Waals surface area contributed by atoms with Gasteiger partial charge in [-0.3, -0.25) is 0 Å². The minimum atomic E-state index is -0.343. The highest BCUT2D eigenvalue weighted by atomic mass is 32.2. The Hall–Kier alpha value is 0.140. The topological polar surface area (TPSA) is 32.3 Å². The first-order valence-electron chi connectivity index (χ1n) is 1.78. The molecule has 0 radical (unpaired) electrons. The van der Waals surface area contributed by atoms with Crippen LogP contribution in [0.4, 0.5) is 0 Å². The number of rotatable bonds is 0. The molecule has 34 valence electrons. The van der Waals surface area contributed by atoms with Gasteiger partial charge in [-0.2, -0.15) is 0 Å². The summed E-state index contributed by atoms with van der Waals surface area (Å²) < 4.78 is 0. The zero-order valence-electron chi connectivity index (χ0n) is 3.22. The highest BCUT2D eigenvalue weighted by molar-refractivity contribution is 8.01. The van der Waals surface area contributed by atoms with E-state index in [1.165, 1.54) is 11.8 Å². The summed E-state index contributed by atoms with van der Waals surface area (Å²) >= 11 is 1.42. The van der Waals surface area contributed by atoms with Crippen LogP contribution in [0.3, 0.4) is 0 Å². The molecule has 0 bridgehead atoms. The van der Waals surface area contributed by atoms with Gasteiger partial charge in [-0.1, -0.05) is 0 Å². The average molecular weight is 104 g/mol. The van der Waals surface area contributed by atoms with Crippen molar-refractivity contribution in [1.29, 1.82) is 0 Å². The molecule has 1 rings (SSSR count). The average Bonchev–Trinajstić information content (AvgIpc) is 1.86. The van der Waals surface area contributed by atoms with Crippen LogP contribution in [0.5, 0.6) is 0 Å². The number of aliphatic hydroxyl groups is 1. The Morgan fingerprint density at radius 1 is 2.00 bits per heavy atom. The molecule has 0 aromatic rings. The highest BCUT2D eigenvalue weighted by Crippen LogP contribution is 2.13. The van der Waals surface area contributed by atoms with Gasteiger partial charge in [0, 0.05) is 0 Å². The summed E-state index contributed by atoms with van der Waals surface area (Å²) in [6.07, 6.45) is 0. The van der Waals surface area contributed by atoms with Crippen molar-refractivity contribution in [3.63, 3.8) is 0 Å². The fourth-order valence-electron chi connectivity index (χ4n) is 0.336. The summed E-state index contributed by atoms with van der Waals surface area (Å²) in [6.45, 7) is 0.825. The Morgan fingerprint density at radius 3 is 3.00 bits per heavy atom. The van der Waals surface area contributed by atoms with Crippen molar-refractivity contribution in [3.05, 3.63) is 5.75 Å². The SMILES string of the molecule is OC1NC[CH+]S1. The van der Waals surface area contributed by atoms with Gasteiger partial charge in [0.15, 0.2) is 12.3 Å². The molecule has 1 unspecified atom stereocenters. The maximum atomic E-state index is 8.55. The van der Waals surface area contributed by atoms with Gasteiger partial charge < -0.3 is 5.11 Å². The third kappa shape index (κ3) is 0.801. The van der Waals surface area contributed by atoms with Crippen LogP contribution in [0.1, 0.15) is 0 Å². The lowest BCUT2D eigenvalue weighted by atomic mass is 10.8. The molecule has 6 heavy (non-hydrogen) atoms. The molecule has 1 aliphatic rings. The van der Waals surface area contributed by atoms with Crippen LogP contribution in [-0.2, 0) is 0 Å². The second kappa shape index (κ2) is 1.73. The van der Waals surface area contributed by atoms with Gasteiger partial charge in [0.2, 0.25) is 5.56 Å². The normalized spacial score (nSPS) is 33.2. The summed E-state index contributed by atoms with van der Waals surface area (Å²) in [5.41, 5.74) is -0.343. The van der Waals surface area contributed by atoms with E-state index in [-0.39, 0.29) is 5.56 Å². The second-order valence-corrected chi connectivity index (χ2v) is 2.12. The molecule has 1 saturated heterocycles. The van der Waals surface area contributed by atoms with E-state index in [0.717, 1.165) is 6.54 Å². The smallest absolute Gasteiger partial charge is 0.201 e. The monoisotopic (exact) mass is 104 g/mol. The molecule has 0 aromatic carbocycles. The highest BCUT2D eigenvalue weighted by Gasteiger charge is 2.19. The molecule has 1 heterocycles. The summed E-state index contributed by atoms with van der Waals surface area (Å²) in [4.78, 5) is 0. The zero-order valence-corrected chi connectivity index (χ0v) is 4.03. The molecule has 2 N–H and O–H groups in total. The van der Waals surface area contributed by atoms with Crippen LogP contribution in [0.2, 0.25) is 0 Å². The van der Waals surface area contributed by atoms with Gasteiger partial charge in [-0.15, -0.1) is 0 Å². The molecule has 1 aliphatic heterocycles. The van der Waals surface area contributed by atoms with E-state index in [4.69, 9.17) is 5.11 Å². The largest absolute Gasteiger partial charge is 0.366 e. The number of hydrogen-bond acceptors (Lipinski definition) is 3. The van der Waals surface area contributed by atoms with Crippen molar-refractivity contribution in [1.82, 2.24) is 5.32 Å². The summed E-state index contributed by atoms with van der Waals surface area (Å²) in [5.74, 6) is 1.94. The lowest BCUT2D eigenvalue weighted by molar-refractivity contribution is 0.237. The molecular weight excluding hydrogens is 98.1 g/mol. The van der Waals surface area contributed by atoms with E-state index < -0.39 is 0 Å². The molecule has 0 amide bonds. The summed E-state index contributed by atoms with van der Waals surface area (Å²) in [6, 6.07) is 0. The fourth-order valence-corrected chi connectivity index (χ4v) is 0.903. The molecular formula is C3H6NOS+. The minimum absolute atomic E-state index is 0.343. The van der Waals surface area contributed by atoms with Gasteiger partial charge in [0.25, 0.3) is 0 Å². The molecule has 0 aliphatic carbocycles. The summed E-state index contributed by atoms with van der Waals surface area (Å²) in [5, 5.41) is 11.3. The van der Waals surface area contributed by atoms with E-state index in [1.54, 1.807) is 0 Å².